The predicted octanol–water partition coefficient (Wildman–Crippen LogP) is 1.40. The van der Waals surface area contributed by atoms with Gasteiger partial charge in [-0.05, 0) is 61.9 Å². The first-order valence-corrected chi connectivity index (χ1v) is 13.9. The van der Waals surface area contributed by atoms with Crippen LogP contribution in [0.15, 0.2) is 30.5 Å². The molecule has 4 aliphatic heterocycles. The molecule has 3 fully saturated rings. The van der Waals surface area contributed by atoms with Crippen LogP contribution in [0.1, 0.15) is 44.7 Å². The van der Waals surface area contributed by atoms with Crippen molar-refractivity contribution in [1.82, 2.24) is 25.0 Å². The zero-order valence-electron chi connectivity index (χ0n) is 22.7. The number of hydrogen-bond acceptors (Lipinski definition) is 6. The third-order valence-corrected chi connectivity index (χ3v) is 9.43. The Morgan fingerprint density at radius 2 is 2.08 bits per heavy atom. The van der Waals surface area contributed by atoms with Gasteiger partial charge < -0.3 is 20.3 Å². The van der Waals surface area contributed by atoms with Crippen LogP contribution in [-0.4, -0.2) is 92.4 Å². The fraction of sp³-hybridized carbons (Fsp3) is 0.552. The number of benzene rings is 1. The second kappa shape index (κ2) is 8.16. The number of aromatic amines is 1. The first-order valence-electron chi connectivity index (χ1n) is 13.9. The zero-order valence-corrected chi connectivity index (χ0v) is 22.7. The first kappa shape index (κ1) is 24.8. The van der Waals surface area contributed by atoms with Crippen molar-refractivity contribution in [3.8, 4) is 0 Å². The molecule has 3 amide bonds. The highest BCUT2D eigenvalue weighted by molar-refractivity contribution is 6.00. The minimum atomic E-state index is -1.99. The average molecular weight is 534 g/mol. The van der Waals surface area contributed by atoms with Gasteiger partial charge in [0.25, 0.3) is 11.8 Å². The minimum Gasteiger partial charge on any atom is -0.361 e. The van der Waals surface area contributed by atoms with Crippen molar-refractivity contribution in [3.05, 3.63) is 41.6 Å². The number of fused-ring (bicyclic) bond motifs is 5. The first-order chi connectivity index (χ1) is 18.5. The molecule has 3 saturated heterocycles. The Bertz CT molecular complexity index is 1450. The number of carbonyl (C=O) groups excluding carboxylic acids is 3. The van der Waals surface area contributed by atoms with Crippen molar-refractivity contribution in [1.29, 1.82) is 0 Å². The molecule has 5 heterocycles. The van der Waals surface area contributed by atoms with Gasteiger partial charge in [0.15, 0.2) is 0 Å². The van der Waals surface area contributed by atoms with Gasteiger partial charge in [-0.2, -0.15) is 0 Å². The predicted molar refractivity (Wildman–Crippen MR) is 143 cm³/mol. The lowest BCUT2D eigenvalue weighted by Crippen LogP contribution is -2.72. The molecule has 0 saturated carbocycles. The maximum absolute atomic E-state index is 13.9. The van der Waals surface area contributed by atoms with Crippen LogP contribution in [0.5, 0.6) is 0 Å². The van der Waals surface area contributed by atoms with Gasteiger partial charge >= 0.3 is 0 Å². The van der Waals surface area contributed by atoms with E-state index in [0.29, 0.717) is 19.5 Å². The molecular weight excluding hydrogens is 498 g/mol. The second-order valence-corrected chi connectivity index (χ2v) is 12.3. The Labute approximate surface area is 226 Å². The van der Waals surface area contributed by atoms with Crippen molar-refractivity contribution < 1.29 is 24.2 Å². The van der Waals surface area contributed by atoms with E-state index in [1.165, 1.54) is 22.8 Å². The highest BCUT2D eigenvalue weighted by atomic mass is 16.7. The molecule has 39 heavy (non-hydrogen) atoms. The quantitative estimate of drug-likeness (QED) is 0.549. The number of hydrogen-bond donors (Lipinski definition) is 3. The summed E-state index contributed by atoms with van der Waals surface area (Å²) in [5.41, 5.74) is 2.78. The van der Waals surface area contributed by atoms with Gasteiger partial charge in [0.2, 0.25) is 17.5 Å². The smallest absolute Gasteiger partial charge is 0.280 e. The number of likely N-dealkylation sites (N-methyl/N-ethyl adjacent to an activating group) is 1. The highest BCUT2D eigenvalue weighted by Gasteiger charge is 2.70. The topological polar surface area (TPSA) is 118 Å². The Morgan fingerprint density at radius 1 is 1.28 bits per heavy atom. The van der Waals surface area contributed by atoms with Crippen LogP contribution < -0.4 is 5.32 Å². The summed E-state index contributed by atoms with van der Waals surface area (Å²) in [4.78, 5) is 49.4. The SMILES string of the molecule is CC(C)C1C(=O)N2CCCC2[C@]2(O)O[C@@](C)(NC(=O)C3C=C4c5cccc6[nH]cc(c56)CC4N(C)C3)C(=O)N12. The average Bonchev–Trinajstić information content (AvgIpc) is 3.59. The monoisotopic (exact) mass is 533 g/mol. The van der Waals surface area contributed by atoms with E-state index in [4.69, 9.17) is 4.74 Å². The summed E-state index contributed by atoms with van der Waals surface area (Å²) in [5.74, 6) is -3.87. The molecule has 10 nitrogen and oxygen atoms in total. The number of ether oxygens (including phenoxy) is 1. The minimum absolute atomic E-state index is 0.156. The molecule has 3 N–H and O–H groups in total. The van der Waals surface area contributed by atoms with E-state index in [1.54, 1.807) is 4.90 Å². The van der Waals surface area contributed by atoms with Gasteiger partial charge in [-0.25, -0.2) is 0 Å². The normalized spacial score (nSPS) is 35.8. The summed E-state index contributed by atoms with van der Waals surface area (Å²) in [6.45, 7) is 6.18. The van der Waals surface area contributed by atoms with E-state index >= 15 is 0 Å². The van der Waals surface area contributed by atoms with Crippen molar-refractivity contribution in [2.75, 3.05) is 20.1 Å². The number of nitrogens with zero attached hydrogens (tertiary/aromatic N) is 3. The Balaban J connectivity index is 1.21. The Morgan fingerprint density at radius 3 is 2.85 bits per heavy atom. The maximum Gasteiger partial charge on any atom is 0.280 e. The molecule has 0 bridgehead atoms. The van der Waals surface area contributed by atoms with Crippen molar-refractivity contribution in [2.45, 2.75) is 69.8 Å². The second-order valence-electron chi connectivity index (χ2n) is 12.3. The van der Waals surface area contributed by atoms with Gasteiger partial charge in [-0.3, -0.25) is 28.9 Å². The molecule has 1 aliphatic carbocycles. The maximum atomic E-state index is 13.9. The number of rotatable bonds is 3. The number of nitrogens with one attached hydrogen (secondary N) is 2. The number of aromatic nitrogens is 1. The molecule has 7 rings (SSSR count). The molecule has 1 aromatic heterocycles. The molecule has 5 aliphatic rings. The van der Waals surface area contributed by atoms with Crippen LogP contribution in [0.2, 0.25) is 0 Å². The number of piperazine rings is 1. The van der Waals surface area contributed by atoms with Crippen molar-refractivity contribution in [2.24, 2.45) is 11.8 Å². The molecule has 10 heteroatoms. The van der Waals surface area contributed by atoms with Crippen LogP contribution in [0.25, 0.3) is 16.5 Å². The third kappa shape index (κ3) is 3.28. The van der Waals surface area contributed by atoms with E-state index in [0.717, 1.165) is 29.5 Å². The molecule has 1 aromatic carbocycles. The van der Waals surface area contributed by atoms with Gasteiger partial charge in [0.05, 0.1) is 5.92 Å². The fourth-order valence-electron chi connectivity index (χ4n) is 7.63. The Hall–Kier alpha value is -3.21. The molecule has 206 valence electrons. The number of amides is 3. The van der Waals surface area contributed by atoms with E-state index in [2.05, 4.69) is 33.5 Å². The molecule has 6 atom stereocenters. The number of H-pyrrole nitrogens is 1. The van der Waals surface area contributed by atoms with Gasteiger partial charge in [-0.1, -0.05) is 32.1 Å². The number of aliphatic hydroxyl groups is 1. The van der Waals surface area contributed by atoms with Crippen LogP contribution in [-0.2, 0) is 25.5 Å². The van der Waals surface area contributed by atoms with E-state index < -0.39 is 35.5 Å². The largest absolute Gasteiger partial charge is 0.361 e. The van der Waals surface area contributed by atoms with Gasteiger partial charge in [0, 0.05) is 36.2 Å². The van der Waals surface area contributed by atoms with Gasteiger partial charge in [0.1, 0.15) is 12.1 Å². The standard InChI is InChI=1S/C29H35N5O5/c1-15(2)24-26(36)33-10-6-9-22(33)29(38)34(24)27(37)28(3,39-29)31-25(35)17-11-19-18-7-5-8-20-23(18)16(13-30-20)12-21(19)32(4)14-17/h5,7-8,11,13,15,17,21-22,24,30,38H,6,9-10,12,14H2,1-4H3,(H,31,35)/t17?,21?,22?,24?,28-,29+/m1/s1. The summed E-state index contributed by atoms with van der Waals surface area (Å²) in [6, 6.07) is 4.81. The van der Waals surface area contributed by atoms with E-state index in [-0.39, 0.29) is 23.8 Å². The van der Waals surface area contributed by atoms with Crippen LogP contribution in [0.3, 0.4) is 0 Å². The van der Waals surface area contributed by atoms with Crippen molar-refractivity contribution >= 4 is 34.2 Å². The van der Waals surface area contributed by atoms with E-state index in [1.807, 2.05) is 33.0 Å². The summed E-state index contributed by atoms with van der Waals surface area (Å²) in [5, 5.41) is 15.9. The summed E-state index contributed by atoms with van der Waals surface area (Å²) >= 11 is 0. The summed E-state index contributed by atoms with van der Waals surface area (Å²) in [7, 11) is 2.02. The number of carbonyl (C=O) groups is 3. The lowest BCUT2D eigenvalue weighted by atomic mass is 9.79. The summed E-state index contributed by atoms with van der Waals surface area (Å²) < 4.78 is 6.14. The molecule has 4 unspecified atom stereocenters. The van der Waals surface area contributed by atoms with Crippen molar-refractivity contribution in [3.63, 3.8) is 0 Å². The molecule has 0 spiro atoms. The van der Waals surface area contributed by atoms with Crippen LogP contribution in [0.4, 0.5) is 0 Å². The highest BCUT2D eigenvalue weighted by Crippen LogP contribution is 2.47. The van der Waals surface area contributed by atoms with Crippen LogP contribution in [0, 0.1) is 11.8 Å². The molecular formula is C29H35N5O5. The molecule has 0 radical (unpaired) electrons. The van der Waals surface area contributed by atoms with E-state index in [9.17, 15) is 19.5 Å². The fourth-order valence-corrected chi connectivity index (χ4v) is 7.63. The lowest BCUT2D eigenvalue weighted by molar-refractivity contribution is -0.317. The molecule has 2 aromatic rings. The van der Waals surface area contributed by atoms with Gasteiger partial charge in [-0.15, -0.1) is 0 Å². The Kier molecular flexibility index (Phi) is 5.19. The summed E-state index contributed by atoms with van der Waals surface area (Å²) in [6.07, 6.45) is 6.19. The zero-order chi connectivity index (χ0) is 27.4. The lowest BCUT2D eigenvalue weighted by Gasteiger charge is -2.49. The third-order valence-electron chi connectivity index (χ3n) is 9.43. The van der Waals surface area contributed by atoms with Crippen LogP contribution >= 0.6 is 0 Å².